The third-order valence-electron chi connectivity index (χ3n) is 3.32. The number of aryl methyl sites for hydroxylation is 2. The first-order valence-electron chi connectivity index (χ1n) is 6.83. The number of carbonyl (C=O) groups is 1. The van der Waals surface area contributed by atoms with Crippen molar-refractivity contribution in [2.45, 2.75) is 33.2 Å². The van der Waals surface area contributed by atoms with E-state index >= 15 is 0 Å². The van der Waals surface area contributed by atoms with Crippen molar-refractivity contribution in [3.8, 4) is 0 Å². The van der Waals surface area contributed by atoms with Gasteiger partial charge in [0.1, 0.15) is 0 Å². The van der Waals surface area contributed by atoms with Crippen molar-refractivity contribution < 1.29 is 4.79 Å². The van der Waals surface area contributed by atoms with E-state index in [2.05, 4.69) is 30.4 Å². The zero-order chi connectivity index (χ0) is 14.5. The number of hydrogen-bond acceptors (Lipinski definition) is 3. The van der Waals surface area contributed by atoms with Crippen molar-refractivity contribution in [2.24, 2.45) is 5.84 Å². The number of aromatic nitrogens is 2. The van der Waals surface area contributed by atoms with Crippen molar-refractivity contribution in [3.63, 3.8) is 0 Å². The molecule has 0 aliphatic rings. The highest BCUT2D eigenvalue weighted by Gasteiger charge is 2.07. The van der Waals surface area contributed by atoms with Crippen LogP contribution in [0.2, 0.25) is 0 Å². The van der Waals surface area contributed by atoms with Gasteiger partial charge in [0.05, 0.1) is 12.2 Å². The molecule has 0 atom stereocenters. The fraction of sp³-hybridized carbons (Fsp3) is 0.333. The topological polar surface area (TPSA) is 72.9 Å². The first kappa shape index (κ1) is 14.3. The van der Waals surface area contributed by atoms with E-state index in [1.165, 1.54) is 5.69 Å². The second-order valence-electron chi connectivity index (χ2n) is 4.66. The van der Waals surface area contributed by atoms with Gasteiger partial charge in [-0.3, -0.25) is 14.9 Å². The number of benzene rings is 1. The second kappa shape index (κ2) is 6.34. The van der Waals surface area contributed by atoms with Crippen molar-refractivity contribution in [3.05, 3.63) is 52.8 Å². The molecule has 1 aromatic heterocycles. The van der Waals surface area contributed by atoms with Gasteiger partial charge in [-0.15, -0.1) is 0 Å². The predicted molar refractivity (Wildman–Crippen MR) is 78.2 cm³/mol. The van der Waals surface area contributed by atoms with Crippen LogP contribution in [0.5, 0.6) is 0 Å². The van der Waals surface area contributed by atoms with E-state index in [-0.39, 0.29) is 5.91 Å². The standard InChI is InChI=1S/C15H20N4O/c1-3-13-9-14(4-2)19(18-13)10-11-5-7-12(8-6-11)15(20)17-16/h5-9H,3-4,10,16H2,1-2H3,(H,17,20). The van der Waals surface area contributed by atoms with Crippen LogP contribution in [0.3, 0.4) is 0 Å². The highest BCUT2D eigenvalue weighted by molar-refractivity contribution is 5.93. The summed E-state index contributed by atoms with van der Waals surface area (Å²) in [5.74, 6) is 4.83. The van der Waals surface area contributed by atoms with Crippen LogP contribution >= 0.6 is 0 Å². The first-order chi connectivity index (χ1) is 9.67. The minimum atomic E-state index is -0.279. The van der Waals surface area contributed by atoms with Crippen molar-refractivity contribution in [1.29, 1.82) is 0 Å². The molecule has 20 heavy (non-hydrogen) atoms. The summed E-state index contributed by atoms with van der Waals surface area (Å²) in [6.07, 6.45) is 1.90. The van der Waals surface area contributed by atoms with Gasteiger partial charge in [0.25, 0.3) is 5.91 Å². The Hall–Kier alpha value is -2.14. The number of rotatable bonds is 5. The molecule has 0 spiro atoms. The molecule has 5 heteroatoms. The van der Waals surface area contributed by atoms with Crippen LogP contribution in [0.15, 0.2) is 30.3 Å². The highest BCUT2D eigenvalue weighted by Crippen LogP contribution is 2.11. The molecule has 5 nitrogen and oxygen atoms in total. The molecule has 2 rings (SSSR count). The molecule has 0 saturated carbocycles. The van der Waals surface area contributed by atoms with E-state index in [1.54, 1.807) is 12.1 Å². The maximum Gasteiger partial charge on any atom is 0.265 e. The second-order valence-corrected chi connectivity index (χ2v) is 4.66. The van der Waals surface area contributed by atoms with E-state index in [0.29, 0.717) is 12.1 Å². The van der Waals surface area contributed by atoms with E-state index in [9.17, 15) is 4.79 Å². The molecule has 0 radical (unpaired) electrons. The zero-order valence-electron chi connectivity index (χ0n) is 11.9. The van der Waals surface area contributed by atoms with Crippen LogP contribution in [-0.4, -0.2) is 15.7 Å². The fourth-order valence-corrected chi connectivity index (χ4v) is 2.13. The molecule has 1 heterocycles. The van der Waals surface area contributed by atoms with E-state index < -0.39 is 0 Å². The summed E-state index contributed by atoms with van der Waals surface area (Å²) >= 11 is 0. The lowest BCUT2D eigenvalue weighted by atomic mass is 10.1. The molecular formula is C15H20N4O. The van der Waals surface area contributed by atoms with Gasteiger partial charge in [-0.05, 0) is 36.6 Å². The van der Waals surface area contributed by atoms with Gasteiger partial charge in [-0.1, -0.05) is 26.0 Å². The SMILES string of the molecule is CCc1cc(CC)n(Cc2ccc(C(=O)NN)cc2)n1. The number of hydrazine groups is 1. The molecule has 0 unspecified atom stereocenters. The molecule has 0 fully saturated rings. The van der Waals surface area contributed by atoms with Crippen LogP contribution in [0, 0.1) is 0 Å². The number of nitrogens with one attached hydrogen (secondary N) is 1. The Kier molecular flexibility index (Phi) is 4.53. The lowest BCUT2D eigenvalue weighted by molar-refractivity contribution is 0.0953. The predicted octanol–water partition coefficient (Wildman–Crippen LogP) is 1.66. The van der Waals surface area contributed by atoms with E-state index in [4.69, 9.17) is 5.84 Å². The summed E-state index contributed by atoms with van der Waals surface area (Å²) in [4.78, 5) is 11.4. The monoisotopic (exact) mass is 272 g/mol. The van der Waals surface area contributed by atoms with E-state index in [1.807, 2.05) is 16.8 Å². The molecule has 1 aromatic carbocycles. The quantitative estimate of drug-likeness (QED) is 0.494. The third-order valence-corrected chi connectivity index (χ3v) is 3.32. The van der Waals surface area contributed by atoms with Gasteiger partial charge in [-0.25, -0.2) is 5.84 Å². The van der Waals surface area contributed by atoms with Crippen molar-refractivity contribution >= 4 is 5.91 Å². The number of nitrogen functional groups attached to an aromatic ring is 1. The average molecular weight is 272 g/mol. The van der Waals surface area contributed by atoms with Crippen LogP contribution in [0.4, 0.5) is 0 Å². The van der Waals surface area contributed by atoms with Gasteiger partial charge in [-0.2, -0.15) is 5.10 Å². The summed E-state index contributed by atoms with van der Waals surface area (Å²) < 4.78 is 2.02. The maximum absolute atomic E-state index is 11.4. The number of carbonyl (C=O) groups excluding carboxylic acids is 1. The summed E-state index contributed by atoms with van der Waals surface area (Å²) in [7, 11) is 0. The smallest absolute Gasteiger partial charge is 0.265 e. The molecule has 0 aliphatic heterocycles. The number of amides is 1. The molecule has 106 valence electrons. The molecule has 1 amide bonds. The third kappa shape index (κ3) is 3.05. The van der Waals surface area contributed by atoms with Crippen LogP contribution in [-0.2, 0) is 19.4 Å². The van der Waals surface area contributed by atoms with Gasteiger partial charge in [0, 0.05) is 11.3 Å². The minimum Gasteiger partial charge on any atom is -0.290 e. The van der Waals surface area contributed by atoms with Crippen molar-refractivity contribution in [2.75, 3.05) is 0 Å². The van der Waals surface area contributed by atoms with Gasteiger partial charge >= 0.3 is 0 Å². The first-order valence-corrected chi connectivity index (χ1v) is 6.83. The molecule has 0 bridgehead atoms. The van der Waals surface area contributed by atoms with Crippen LogP contribution in [0.1, 0.15) is 41.2 Å². The van der Waals surface area contributed by atoms with Crippen LogP contribution < -0.4 is 11.3 Å². The zero-order valence-corrected chi connectivity index (χ0v) is 11.9. The lowest BCUT2D eigenvalue weighted by Crippen LogP contribution is -2.29. The number of hydrogen-bond donors (Lipinski definition) is 2. The summed E-state index contributed by atoms with van der Waals surface area (Å²) in [6.45, 7) is 4.95. The largest absolute Gasteiger partial charge is 0.290 e. The number of nitrogens with zero attached hydrogens (tertiary/aromatic N) is 2. The molecule has 0 aliphatic carbocycles. The number of nitrogens with two attached hydrogens (primary N) is 1. The lowest BCUT2D eigenvalue weighted by Gasteiger charge is -2.07. The normalized spacial score (nSPS) is 10.6. The highest BCUT2D eigenvalue weighted by atomic mass is 16.2. The molecule has 0 saturated heterocycles. The Labute approximate surface area is 118 Å². The van der Waals surface area contributed by atoms with Gasteiger partial charge in [0.2, 0.25) is 0 Å². The Bertz CT molecular complexity index is 586. The molecule has 3 N–H and O–H groups in total. The Morgan fingerprint density at radius 2 is 1.95 bits per heavy atom. The summed E-state index contributed by atoms with van der Waals surface area (Å²) in [5.41, 5.74) is 6.13. The fourth-order valence-electron chi connectivity index (χ4n) is 2.13. The van der Waals surface area contributed by atoms with Crippen LogP contribution in [0.25, 0.3) is 0 Å². The van der Waals surface area contributed by atoms with E-state index in [0.717, 1.165) is 24.1 Å². The summed E-state index contributed by atoms with van der Waals surface area (Å²) in [6, 6.07) is 9.55. The Balaban J connectivity index is 2.17. The average Bonchev–Trinajstić information content (AvgIpc) is 2.89. The van der Waals surface area contributed by atoms with Gasteiger partial charge < -0.3 is 0 Å². The minimum absolute atomic E-state index is 0.279. The summed E-state index contributed by atoms with van der Waals surface area (Å²) in [5, 5.41) is 4.59. The Morgan fingerprint density at radius 3 is 2.50 bits per heavy atom. The molecular weight excluding hydrogens is 252 g/mol. The maximum atomic E-state index is 11.4. The Morgan fingerprint density at radius 1 is 1.25 bits per heavy atom. The van der Waals surface area contributed by atoms with Gasteiger partial charge in [0.15, 0.2) is 0 Å². The van der Waals surface area contributed by atoms with Crippen molar-refractivity contribution in [1.82, 2.24) is 15.2 Å². The molecule has 2 aromatic rings.